The van der Waals surface area contributed by atoms with Gasteiger partial charge in [0.2, 0.25) is 5.91 Å². The first kappa shape index (κ1) is 12.9. The second kappa shape index (κ2) is 5.27. The zero-order valence-electron chi connectivity index (χ0n) is 10.0. The summed E-state index contributed by atoms with van der Waals surface area (Å²) in [6.07, 6.45) is 0. The Bertz CT molecular complexity index is 280. The molecule has 0 aromatic rings. The molecule has 0 radical (unpaired) electrons. The molecule has 1 unspecified atom stereocenters. The van der Waals surface area contributed by atoms with E-state index in [1.54, 1.807) is 11.9 Å². The van der Waals surface area contributed by atoms with Crippen molar-refractivity contribution in [1.29, 1.82) is 0 Å². The summed E-state index contributed by atoms with van der Waals surface area (Å²) in [5, 5.41) is 9.08. The molecule has 1 aliphatic rings. The fourth-order valence-corrected chi connectivity index (χ4v) is 1.68. The Balaban J connectivity index is 2.63. The third-order valence-electron chi connectivity index (χ3n) is 2.77. The lowest BCUT2D eigenvalue weighted by Gasteiger charge is -2.37. The minimum Gasteiger partial charge on any atom is -0.480 e. The van der Waals surface area contributed by atoms with Gasteiger partial charge in [-0.3, -0.25) is 14.5 Å². The molecule has 1 rings (SSSR count). The van der Waals surface area contributed by atoms with Crippen LogP contribution >= 0.6 is 0 Å². The molecule has 1 atom stereocenters. The standard InChI is InChI=1S/C10H19N3O3/c1-11(2)4-5-13-7-9(14)12(3)6-8(13)10(15)16/h8H,4-7H2,1-3H3,(H,15,16). The first-order chi connectivity index (χ1) is 7.41. The van der Waals surface area contributed by atoms with E-state index in [4.69, 9.17) is 5.11 Å². The van der Waals surface area contributed by atoms with Crippen molar-refractivity contribution in [3.63, 3.8) is 0 Å². The summed E-state index contributed by atoms with van der Waals surface area (Å²) < 4.78 is 0. The molecule has 16 heavy (non-hydrogen) atoms. The van der Waals surface area contributed by atoms with Crippen molar-refractivity contribution >= 4 is 11.9 Å². The van der Waals surface area contributed by atoms with E-state index in [1.165, 1.54) is 4.90 Å². The predicted octanol–water partition coefficient (Wildman–Crippen LogP) is -1.22. The molecule has 0 aromatic heterocycles. The van der Waals surface area contributed by atoms with Gasteiger partial charge in [-0.15, -0.1) is 0 Å². The normalized spacial score (nSPS) is 22.9. The molecule has 0 aliphatic carbocycles. The lowest BCUT2D eigenvalue weighted by atomic mass is 10.1. The van der Waals surface area contributed by atoms with Gasteiger partial charge >= 0.3 is 5.97 Å². The molecule has 1 heterocycles. The number of rotatable bonds is 4. The summed E-state index contributed by atoms with van der Waals surface area (Å²) in [6.45, 7) is 1.81. The lowest BCUT2D eigenvalue weighted by Crippen LogP contribution is -2.58. The van der Waals surface area contributed by atoms with Crippen molar-refractivity contribution in [3.8, 4) is 0 Å². The molecule has 6 heteroatoms. The quantitative estimate of drug-likeness (QED) is 0.654. The van der Waals surface area contributed by atoms with Gasteiger partial charge in [-0.25, -0.2) is 0 Å². The zero-order chi connectivity index (χ0) is 12.3. The average molecular weight is 229 g/mol. The number of amides is 1. The first-order valence-electron chi connectivity index (χ1n) is 5.27. The fourth-order valence-electron chi connectivity index (χ4n) is 1.68. The van der Waals surface area contributed by atoms with Crippen LogP contribution < -0.4 is 0 Å². The molecule has 0 saturated carbocycles. The monoisotopic (exact) mass is 229 g/mol. The highest BCUT2D eigenvalue weighted by atomic mass is 16.4. The Labute approximate surface area is 95.4 Å². The van der Waals surface area contributed by atoms with Crippen molar-refractivity contribution < 1.29 is 14.7 Å². The van der Waals surface area contributed by atoms with E-state index in [9.17, 15) is 9.59 Å². The summed E-state index contributed by atoms with van der Waals surface area (Å²) in [4.78, 5) is 27.7. The van der Waals surface area contributed by atoms with Crippen molar-refractivity contribution in [1.82, 2.24) is 14.7 Å². The Hall–Kier alpha value is -1.14. The van der Waals surface area contributed by atoms with Gasteiger partial charge in [0, 0.05) is 26.7 Å². The van der Waals surface area contributed by atoms with E-state index in [2.05, 4.69) is 0 Å². The largest absolute Gasteiger partial charge is 0.480 e. The van der Waals surface area contributed by atoms with Crippen LogP contribution in [0.2, 0.25) is 0 Å². The van der Waals surface area contributed by atoms with Crippen LogP contribution in [-0.4, -0.2) is 85.0 Å². The van der Waals surface area contributed by atoms with Crippen LogP contribution in [0, 0.1) is 0 Å². The van der Waals surface area contributed by atoms with Crippen LogP contribution in [0.15, 0.2) is 0 Å². The van der Waals surface area contributed by atoms with E-state index in [0.29, 0.717) is 6.54 Å². The lowest BCUT2D eigenvalue weighted by molar-refractivity contribution is -0.150. The summed E-state index contributed by atoms with van der Waals surface area (Å²) in [6, 6.07) is -0.581. The van der Waals surface area contributed by atoms with Crippen LogP contribution in [0.25, 0.3) is 0 Å². The molecule has 1 fully saturated rings. The first-order valence-corrected chi connectivity index (χ1v) is 5.27. The smallest absolute Gasteiger partial charge is 0.322 e. The number of carboxylic acid groups (broad SMARTS) is 1. The number of carbonyl (C=O) groups is 2. The maximum Gasteiger partial charge on any atom is 0.322 e. The van der Waals surface area contributed by atoms with E-state index >= 15 is 0 Å². The summed E-state index contributed by atoms with van der Waals surface area (Å²) in [5.41, 5.74) is 0. The number of piperazine rings is 1. The molecule has 1 amide bonds. The molecule has 0 spiro atoms. The van der Waals surface area contributed by atoms with Crippen LogP contribution in [0.5, 0.6) is 0 Å². The van der Waals surface area contributed by atoms with Gasteiger partial charge in [0.15, 0.2) is 0 Å². The minimum atomic E-state index is -0.863. The molecule has 1 saturated heterocycles. The van der Waals surface area contributed by atoms with Crippen LogP contribution in [0.4, 0.5) is 0 Å². The summed E-state index contributed by atoms with van der Waals surface area (Å²) in [5.74, 6) is -0.880. The Morgan fingerprint density at radius 1 is 1.56 bits per heavy atom. The molecule has 92 valence electrons. The van der Waals surface area contributed by atoms with Crippen molar-refractivity contribution in [2.45, 2.75) is 6.04 Å². The highest BCUT2D eigenvalue weighted by molar-refractivity contribution is 5.83. The van der Waals surface area contributed by atoms with Crippen molar-refractivity contribution in [2.24, 2.45) is 0 Å². The number of likely N-dealkylation sites (N-methyl/N-ethyl adjacent to an activating group) is 2. The second-order valence-corrected chi connectivity index (χ2v) is 4.40. The van der Waals surface area contributed by atoms with Crippen molar-refractivity contribution in [3.05, 3.63) is 0 Å². The molecule has 0 bridgehead atoms. The van der Waals surface area contributed by atoms with Crippen LogP contribution in [0.1, 0.15) is 0 Å². The third-order valence-corrected chi connectivity index (χ3v) is 2.77. The van der Waals surface area contributed by atoms with Gasteiger partial charge in [0.25, 0.3) is 0 Å². The van der Waals surface area contributed by atoms with Gasteiger partial charge < -0.3 is 14.9 Å². The molecular weight excluding hydrogens is 210 g/mol. The molecule has 6 nitrogen and oxygen atoms in total. The van der Waals surface area contributed by atoms with Crippen molar-refractivity contribution in [2.75, 3.05) is 47.3 Å². The number of aliphatic carboxylic acids is 1. The van der Waals surface area contributed by atoms with Crippen LogP contribution in [-0.2, 0) is 9.59 Å². The van der Waals surface area contributed by atoms with Gasteiger partial charge in [0.1, 0.15) is 6.04 Å². The maximum absolute atomic E-state index is 11.5. The molecular formula is C10H19N3O3. The molecule has 0 aromatic carbocycles. The maximum atomic E-state index is 11.5. The molecule has 1 N–H and O–H groups in total. The fraction of sp³-hybridized carbons (Fsp3) is 0.800. The van der Waals surface area contributed by atoms with E-state index < -0.39 is 12.0 Å². The number of nitrogens with zero attached hydrogens (tertiary/aromatic N) is 3. The second-order valence-electron chi connectivity index (χ2n) is 4.40. The van der Waals surface area contributed by atoms with Gasteiger partial charge in [-0.2, -0.15) is 0 Å². The highest BCUT2D eigenvalue weighted by Crippen LogP contribution is 2.09. The molecule has 1 aliphatic heterocycles. The highest BCUT2D eigenvalue weighted by Gasteiger charge is 2.34. The Kier molecular flexibility index (Phi) is 4.26. The van der Waals surface area contributed by atoms with Gasteiger partial charge in [-0.05, 0) is 14.1 Å². The number of carbonyl (C=O) groups excluding carboxylic acids is 1. The zero-order valence-corrected chi connectivity index (χ0v) is 10.0. The van der Waals surface area contributed by atoms with Gasteiger partial charge in [-0.1, -0.05) is 0 Å². The predicted molar refractivity (Wildman–Crippen MR) is 59.2 cm³/mol. The Morgan fingerprint density at radius 3 is 2.69 bits per heavy atom. The van der Waals surface area contributed by atoms with Crippen LogP contribution in [0.3, 0.4) is 0 Å². The van der Waals surface area contributed by atoms with E-state index in [-0.39, 0.29) is 19.0 Å². The minimum absolute atomic E-state index is 0.0174. The summed E-state index contributed by atoms with van der Waals surface area (Å²) in [7, 11) is 5.49. The average Bonchev–Trinajstić information content (AvgIpc) is 2.18. The SMILES string of the molecule is CN(C)CCN1CC(=O)N(C)CC1C(=O)O. The van der Waals surface area contributed by atoms with E-state index in [1.807, 2.05) is 19.0 Å². The number of hydrogen-bond donors (Lipinski definition) is 1. The van der Waals surface area contributed by atoms with E-state index in [0.717, 1.165) is 6.54 Å². The topological polar surface area (TPSA) is 64.1 Å². The number of carboxylic acids is 1. The number of hydrogen-bond acceptors (Lipinski definition) is 4. The third kappa shape index (κ3) is 3.18. The Morgan fingerprint density at radius 2 is 2.19 bits per heavy atom. The summed E-state index contributed by atoms with van der Waals surface area (Å²) >= 11 is 0. The van der Waals surface area contributed by atoms with Gasteiger partial charge in [0.05, 0.1) is 6.54 Å².